The second-order valence-corrected chi connectivity index (χ2v) is 11.8. The van der Waals surface area contributed by atoms with E-state index < -0.39 is 5.41 Å². The first-order valence-electron chi connectivity index (χ1n) is 14.7. The van der Waals surface area contributed by atoms with Gasteiger partial charge in [-0.25, -0.2) is 9.49 Å². The van der Waals surface area contributed by atoms with Crippen molar-refractivity contribution in [2.75, 3.05) is 33.2 Å². The molecule has 3 aromatic carbocycles. The second-order valence-electron chi connectivity index (χ2n) is 11.8. The molecular formula is C34H36FN5O. The monoisotopic (exact) mass is 549 g/mol. The van der Waals surface area contributed by atoms with Crippen molar-refractivity contribution in [3.63, 3.8) is 0 Å². The summed E-state index contributed by atoms with van der Waals surface area (Å²) in [5.74, 6) is -0.278. The van der Waals surface area contributed by atoms with Crippen molar-refractivity contribution in [3.05, 3.63) is 134 Å². The molecule has 0 spiro atoms. The van der Waals surface area contributed by atoms with Gasteiger partial charge in [0.05, 0.1) is 17.2 Å². The summed E-state index contributed by atoms with van der Waals surface area (Å²) in [4.78, 5) is 17.9. The van der Waals surface area contributed by atoms with Gasteiger partial charge in [-0.1, -0.05) is 66.7 Å². The zero-order valence-electron chi connectivity index (χ0n) is 23.4. The van der Waals surface area contributed by atoms with E-state index in [-0.39, 0.29) is 23.5 Å². The average Bonchev–Trinajstić information content (AvgIpc) is 3.01. The van der Waals surface area contributed by atoms with Crippen molar-refractivity contribution in [1.29, 1.82) is 0 Å². The van der Waals surface area contributed by atoms with Crippen molar-refractivity contribution >= 4 is 0 Å². The Labute approximate surface area is 240 Å². The first-order valence-corrected chi connectivity index (χ1v) is 14.7. The summed E-state index contributed by atoms with van der Waals surface area (Å²) >= 11 is 0. The minimum atomic E-state index is -0.782. The van der Waals surface area contributed by atoms with Gasteiger partial charge in [0, 0.05) is 49.9 Å². The number of aromatic nitrogens is 2. The summed E-state index contributed by atoms with van der Waals surface area (Å²) in [5, 5.41) is 11.7. The molecule has 2 N–H and O–H groups in total. The molecule has 7 rings (SSSR count). The van der Waals surface area contributed by atoms with E-state index in [4.69, 9.17) is 5.10 Å². The summed E-state index contributed by atoms with van der Waals surface area (Å²) in [6.45, 7) is 5.29. The SMILES string of the molecule is CN1CCN(Cc2ccc([C@@H]3NC4CCCc5c4c(n[nH]c5=O)[C@]3(c3ccccc3)c3ccc(F)cc3)cc2)CC1. The molecule has 1 saturated heterocycles. The maximum atomic E-state index is 14.3. The number of halogens is 1. The Morgan fingerprint density at radius 2 is 1.63 bits per heavy atom. The van der Waals surface area contributed by atoms with E-state index in [1.807, 2.05) is 30.3 Å². The van der Waals surface area contributed by atoms with Crippen LogP contribution in [0.1, 0.15) is 64.0 Å². The number of H-pyrrole nitrogens is 1. The zero-order chi connectivity index (χ0) is 28.0. The predicted octanol–water partition coefficient (Wildman–Crippen LogP) is 4.71. The third-order valence-corrected chi connectivity index (χ3v) is 9.41. The minimum absolute atomic E-state index is 0.0239. The van der Waals surface area contributed by atoms with Crippen LogP contribution in [0.2, 0.25) is 0 Å². The fourth-order valence-corrected chi connectivity index (χ4v) is 7.29. The first kappa shape index (κ1) is 26.3. The Morgan fingerprint density at radius 3 is 2.37 bits per heavy atom. The van der Waals surface area contributed by atoms with Crippen LogP contribution >= 0.6 is 0 Å². The number of rotatable bonds is 5. The third-order valence-electron chi connectivity index (χ3n) is 9.41. The highest BCUT2D eigenvalue weighted by atomic mass is 19.1. The first-order chi connectivity index (χ1) is 20.0. The van der Waals surface area contributed by atoms with Crippen LogP contribution in [0.4, 0.5) is 4.39 Å². The number of aromatic amines is 1. The maximum absolute atomic E-state index is 14.3. The van der Waals surface area contributed by atoms with E-state index in [9.17, 15) is 9.18 Å². The molecule has 1 aromatic heterocycles. The maximum Gasteiger partial charge on any atom is 0.267 e. The van der Waals surface area contributed by atoms with E-state index >= 15 is 0 Å². The van der Waals surface area contributed by atoms with Crippen LogP contribution in [0, 0.1) is 5.82 Å². The average molecular weight is 550 g/mol. The molecule has 0 radical (unpaired) electrons. The van der Waals surface area contributed by atoms with Crippen LogP contribution in [0.25, 0.3) is 0 Å². The number of nitrogens with one attached hydrogen (secondary N) is 2. The highest BCUT2D eigenvalue weighted by Gasteiger charge is 2.53. The van der Waals surface area contributed by atoms with Crippen molar-refractivity contribution in [3.8, 4) is 0 Å². The van der Waals surface area contributed by atoms with Gasteiger partial charge in [0.25, 0.3) is 5.56 Å². The van der Waals surface area contributed by atoms with E-state index in [1.54, 1.807) is 0 Å². The van der Waals surface area contributed by atoms with E-state index in [1.165, 1.54) is 17.7 Å². The third kappa shape index (κ3) is 4.53. The lowest BCUT2D eigenvalue weighted by molar-refractivity contribution is 0.148. The summed E-state index contributed by atoms with van der Waals surface area (Å²) in [6, 6.07) is 26.0. The van der Waals surface area contributed by atoms with Gasteiger partial charge in [-0.2, -0.15) is 5.10 Å². The van der Waals surface area contributed by atoms with Gasteiger partial charge in [-0.3, -0.25) is 9.69 Å². The van der Waals surface area contributed by atoms with Gasteiger partial charge < -0.3 is 10.2 Å². The van der Waals surface area contributed by atoms with E-state index in [2.05, 4.69) is 63.7 Å². The van der Waals surface area contributed by atoms with Gasteiger partial charge >= 0.3 is 0 Å². The Morgan fingerprint density at radius 1 is 0.927 bits per heavy atom. The largest absolute Gasteiger partial charge is 0.304 e. The summed E-state index contributed by atoms with van der Waals surface area (Å²) < 4.78 is 14.3. The Kier molecular flexibility index (Phi) is 6.81. The molecule has 3 aliphatic rings. The summed E-state index contributed by atoms with van der Waals surface area (Å²) in [7, 11) is 2.18. The molecule has 1 unspecified atom stereocenters. The molecule has 0 bridgehead atoms. The number of hydrogen-bond acceptors (Lipinski definition) is 5. The molecule has 41 heavy (non-hydrogen) atoms. The van der Waals surface area contributed by atoms with Gasteiger partial charge in [-0.05, 0) is 60.7 Å². The molecule has 1 fully saturated rings. The molecule has 4 aromatic rings. The highest BCUT2D eigenvalue weighted by Crippen LogP contribution is 2.54. The van der Waals surface area contributed by atoms with Gasteiger partial charge in [-0.15, -0.1) is 0 Å². The fraction of sp³-hybridized carbons (Fsp3) is 0.353. The van der Waals surface area contributed by atoms with Crippen LogP contribution in [-0.2, 0) is 18.4 Å². The van der Waals surface area contributed by atoms with Gasteiger partial charge in [0.1, 0.15) is 5.82 Å². The lowest BCUT2D eigenvalue weighted by atomic mass is 9.60. The number of piperazine rings is 1. The van der Waals surface area contributed by atoms with E-state index in [0.717, 1.165) is 85.5 Å². The second kappa shape index (κ2) is 10.6. The topological polar surface area (TPSA) is 64.3 Å². The Bertz CT molecular complexity index is 1580. The summed E-state index contributed by atoms with van der Waals surface area (Å²) in [5.41, 5.74) is 6.23. The fourth-order valence-electron chi connectivity index (χ4n) is 7.29. The molecular weight excluding hydrogens is 513 g/mol. The van der Waals surface area contributed by atoms with E-state index in [0.29, 0.717) is 0 Å². The highest BCUT2D eigenvalue weighted by molar-refractivity contribution is 5.58. The Hall–Kier alpha value is -3.65. The normalized spacial score (nSPS) is 24.6. The molecule has 2 aliphatic heterocycles. The van der Waals surface area contributed by atoms with Crippen LogP contribution in [0.5, 0.6) is 0 Å². The number of nitrogens with zero attached hydrogens (tertiary/aromatic N) is 3. The lowest BCUT2D eigenvalue weighted by Gasteiger charge is -2.50. The van der Waals surface area contributed by atoms with Crippen LogP contribution in [0.3, 0.4) is 0 Å². The predicted molar refractivity (Wildman–Crippen MR) is 158 cm³/mol. The summed E-state index contributed by atoms with van der Waals surface area (Å²) in [6.07, 6.45) is 2.62. The van der Waals surface area contributed by atoms with Crippen molar-refractivity contribution in [2.45, 2.75) is 43.3 Å². The Balaban J connectivity index is 1.40. The molecule has 1 aliphatic carbocycles. The quantitative estimate of drug-likeness (QED) is 0.378. The smallest absolute Gasteiger partial charge is 0.267 e. The molecule has 210 valence electrons. The molecule has 3 heterocycles. The molecule has 3 atom stereocenters. The number of benzene rings is 3. The molecule has 0 amide bonds. The number of likely N-dealkylation sites (N-methyl/N-ethyl adjacent to an activating group) is 1. The van der Waals surface area contributed by atoms with Gasteiger partial charge in [0.15, 0.2) is 0 Å². The minimum Gasteiger partial charge on any atom is -0.304 e. The standard InChI is InChI=1S/C34H36FN5O/c1-39-18-20-40(21-19-39)22-23-10-12-24(13-11-23)31-34(25-6-3-2-4-7-25,26-14-16-27(35)17-15-26)32-30-28(33(41)38-37-32)8-5-9-29(30)36-31/h2-4,6-7,10-17,29,31,36H,5,8-9,18-22H2,1H3,(H,38,41)/t29?,31-,34+/m0/s1. The van der Waals surface area contributed by atoms with Crippen LogP contribution in [-0.4, -0.2) is 53.2 Å². The molecule has 7 heteroatoms. The molecule has 0 saturated carbocycles. The van der Waals surface area contributed by atoms with Gasteiger partial charge in [0.2, 0.25) is 0 Å². The van der Waals surface area contributed by atoms with Crippen LogP contribution < -0.4 is 10.9 Å². The zero-order valence-corrected chi connectivity index (χ0v) is 23.4. The lowest BCUT2D eigenvalue weighted by Crippen LogP contribution is -2.52. The molecule has 6 nitrogen and oxygen atoms in total. The van der Waals surface area contributed by atoms with Crippen molar-refractivity contribution < 1.29 is 4.39 Å². The van der Waals surface area contributed by atoms with Crippen molar-refractivity contribution in [1.82, 2.24) is 25.3 Å². The van der Waals surface area contributed by atoms with Crippen LogP contribution in [0.15, 0.2) is 83.7 Å². The van der Waals surface area contributed by atoms with Crippen molar-refractivity contribution in [2.24, 2.45) is 0 Å². The number of hydrogen-bond donors (Lipinski definition) is 2.